The number of carbonyl (C=O) groups is 1. The molecule has 1 aliphatic heterocycles. The highest BCUT2D eigenvalue weighted by Gasteiger charge is 2.30. The highest BCUT2D eigenvalue weighted by atomic mass is 32.1. The van der Waals surface area contributed by atoms with Gasteiger partial charge in [-0.1, -0.05) is 13.8 Å². The van der Waals surface area contributed by atoms with E-state index in [1.54, 1.807) is 12.3 Å². The van der Waals surface area contributed by atoms with Crippen LogP contribution in [-0.2, 0) is 4.74 Å². The first kappa shape index (κ1) is 14.3. The molecule has 0 saturated carbocycles. The molecule has 106 valence electrons. The number of aromatic nitrogens is 1. The quantitative estimate of drug-likeness (QED) is 0.799. The molecule has 5 heteroatoms. The van der Waals surface area contributed by atoms with Crippen molar-refractivity contribution >= 4 is 22.4 Å². The van der Waals surface area contributed by atoms with E-state index in [1.165, 1.54) is 17.8 Å². The third kappa shape index (κ3) is 3.08. The molecular formula is C14H22N2O2S. The van der Waals surface area contributed by atoms with Crippen LogP contribution in [-0.4, -0.2) is 30.1 Å². The number of ether oxygens (including phenoxy) is 1. The molecule has 2 rings (SSSR count). The zero-order valence-electron chi connectivity index (χ0n) is 12.0. The predicted molar refractivity (Wildman–Crippen MR) is 77.8 cm³/mol. The van der Waals surface area contributed by atoms with Crippen molar-refractivity contribution in [2.75, 3.05) is 18.1 Å². The van der Waals surface area contributed by atoms with E-state index in [4.69, 9.17) is 4.74 Å². The first-order valence-corrected chi connectivity index (χ1v) is 7.80. The van der Waals surface area contributed by atoms with Crippen molar-refractivity contribution in [2.24, 2.45) is 11.8 Å². The summed E-state index contributed by atoms with van der Waals surface area (Å²) in [6.45, 7) is 10.0. The van der Waals surface area contributed by atoms with E-state index >= 15 is 0 Å². The molecule has 3 atom stereocenters. The molecule has 1 aliphatic rings. The van der Waals surface area contributed by atoms with Gasteiger partial charge in [0.1, 0.15) is 0 Å². The Labute approximate surface area is 118 Å². The third-order valence-corrected chi connectivity index (χ3v) is 4.70. The maximum absolute atomic E-state index is 11.7. The number of esters is 1. The van der Waals surface area contributed by atoms with Gasteiger partial charge in [0.05, 0.1) is 6.61 Å². The Balaban J connectivity index is 2.15. The first-order chi connectivity index (χ1) is 9.02. The fourth-order valence-electron chi connectivity index (χ4n) is 2.66. The zero-order valence-corrected chi connectivity index (χ0v) is 12.9. The zero-order chi connectivity index (χ0) is 14.0. The number of rotatable bonds is 3. The Morgan fingerprint density at radius 1 is 1.53 bits per heavy atom. The van der Waals surface area contributed by atoms with Crippen molar-refractivity contribution in [3.05, 3.63) is 11.1 Å². The average Bonchev–Trinajstić information content (AvgIpc) is 2.83. The van der Waals surface area contributed by atoms with Gasteiger partial charge in [0.2, 0.25) is 0 Å². The lowest BCUT2D eigenvalue weighted by atomic mass is 9.86. The Kier molecular flexibility index (Phi) is 4.45. The number of nitrogens with zero attached hydrogens (tertiary/aromatic N) is 2. The van der Waals surface area contributed by atoms with Crippen molar-refractivity contribution in [3.8, 4) is 0 Å². The minimum absolute atomic E-state index is 0.323. The molecule has 1 aromatic rings. The standard InChI is InChI=1S/C14H22N2O2S/c1-5-18-13(17)12-8-19-14(15-12)16-7-9(2)6-10(3)11(16)4/h8-11H,5-7H2,1-4H3. The molecule has 0 aliphatic carbocycles. The molecule has 19 heavy (non-hydrogen) atoms. The molecule has 1 aromatic heterocycles. The van der Waals surface area contributed by atoms with Gasteiger partial charge in [-0.05, 0) is 32.1 Å². The van der Waals surface area contributed by atoms with Gasteiger partial charge in [-0.25, -0.2) is 9.78 Å². The molecule has 0 radical (unpaired) electrons. The predicted octanol–water partition coefficient (Wildman–Crippen LogP) is 3.19. The van der Waals surface area contributed by atoms with E-state index in [1.807, 2.05) is 0 Å². The molecule has 0 bridgehead atoms. The minimum Gasteiger partial charge on any atom is -0.461 e. The average molecular weight is 282 g/mol. The van der Waals surface area contributed by atoms with Crippen LogP contribution in [0.15, 0.2) is 5.38 Å². The summed E-state index contributed by atoms with van der Waals surface area (Å²) in [5.41, 5.74) is 0.430. The molecule has 0 spiro atoms. The highest BCUT2D eigenvalue weighted by molar-refractivity contribution is 7.13. The highest BCUT2D eigenvalue weighted by Crippen LogP contribution is 2.33. The van der Waals surface area contributed by atoms with E-state index in [0.29, 0.717) is 30.2 Å². The molecule has 2 heterocycles. The Morgan fingerprint density at radius 2 is 2.26 bits per heavy atom. The van der Waals surface area contributed by atoms with E-state index in [2.05, 4.69) is 30.7 Å². The van der Waals surface area contributed by atoms with Crippen LogP contribution in [0.4, 0.5) is 5.13 Å². The van der Waals surface area contributed by atoms with Crippen LogP contribution >= 0.6 is 11.3 Å². The topological polar surface area (TPSA) is 42.4 Å². The van der Waals surface area contributed by atoms with Gasteiger partial charge in [0, 0.05) is 18.0 Å². The van der Waals surface area contributed by atoms with E-state index in [9.17, 15) is 4.79 Å². The Hall–Kier alpha value is -1.10. The monoisotopic (exact) mass is 282 g/mol. The maximum atomic E-state index is 11.7. The number of carbonyl (C=O) groups excluding carboxylic acids is 1. The fourth-order valence-corrected chi connectivity index (χ4v) is 3.56. The summed E-state index contributed by atoms with van der Waals surface area (Å²) in [5.74, 6) is 0.996. The van der Waals surface area contributed by atoms with Gasteiger partial charge in [-0.15, -0.1) is 11.3 Å². The lowest BCUT2D eigenvalue weighted by Gasteiger charge is -2.41. The van der Waals surface area contributed by atoms with Crippen molar-refractivity contribution in [3.63, 3.8) is 0 Å². The summed E-state index contributed by atoms with van der Waals surface area (Å²) in [4.78, 5) is 18.4. The van der Waals surface area contributed by atoms with Gasteiger partial charge >= 0.3 is 5.97 Å². The second kappa shape index (κ2) is 5.90. The molecule has 0 aromatic carbocycles. The van der Waals surface area contributed by atoms with E-state index in [-0.39, 0.29) is 5.97 Å². The number of hydrogen-bond acceptors (Lipinski definition) is 5. The Bertz CT molecular complexity index is 446. The molecule has 1 fully saturated rings. The molecular weight excluding hydrogens is 260 g/mol. The summed E-state index contributed by atoms with van der Waals surface area (Å²) in [6.07, 6.45) is 1.26. The van der Waals surface area contributed by atoms with Gasteiger partial charge in [0.25, 0.3) is 0 Å². The Morgan fingerprint density at radius 3 is 2.95 bits per heavy atom. The largest absolute Gasteiger partial charge is 0.461 e. The summed E-state index contributed by atoms with van der Waals surface area (Å²) in [6, 6.07) is 0.470. The number of thiazole rings is 1. The second-order valence-electron chi connectivity index (χ2n) is 5.45. The van der Waals surface area contributed by atoms with E-state index in [0.717, 1.165) is 11.7 Å². The summed E-state index contributed by atoms with van der Waals surface area (Å²) in [7, 11) is 0. The summed E-state index contributed by atoms with van der Waals surface area (Å²) < 4.78 is 4.98. The van der Waals surface area contributed by atoms with Crippen molar-refractivity contribution in [2.45, 2.75) is 40.2 Å². The van der Waals surface area contributed by atoms with Crippen LogP contribution in [0.3, 0.4) is 0 Å². The van der Waals surface area contributed by atoms with Crippen LogP contribution in [0.5, 0.6) is 0 Å². The molecule has 0 amide bonds. The maximum Gasteiger partial charge on any atom is 0.357 e. The van der Waals surface area contributed by atoms with Gasteiger partial charge in [-0.2, -0.15) is 0 Å². The number of anilines is 1. The summed E-state index contributed by atoms with van der Waals surface area (Å²) >= 11 is 1.53. The van der Waals surface area contributed by atoms with Crippen molar-refractivity contribution in [1.29, 1.82) is 0 Å². The SMILES string of the molecule is CCOC(=O)c1csc(N2CC(C)CC(C)C2C)n1. The van der Waals surface area contributed by atoms with E-state index < -0.39 is 0 Å². The smallest absolute Gasteiger partial charge is 0.357 e. The van der Waals surface area contributed by atoms with Crippen LogP contribution in [0.25, 0.3) is 0 Å². The normalized spacial score (nSPS) is 27.4. The van der Waals surface area contributed by atoms with Crippen LogP contribution in [0, 0.1) is 11.8 Å². The second-order valence-corrected chi connectivity index (χ2v) is 6.28. The molecule has 3 unspecified atom stereocenters. The number of hydrogen-bond donors (Lipinski definition) is 0. The van der Waals surface area contributed by atoms with Crippen molar-refractivity contribution in [1.82, 2.24) is 4.98 Å². The van der Waals surface area contributed by atoms with Gasteiger partial charge < -0.3 is 9.64 Å². The third-order valence-electron chi connectivity index (χ3n) is 3.82. The van der Waals surface area contributed by atoms with Crippen LogP contribution in [0.2, 0.25) is 0 Å². The first-order valence-electron chi connectivity index (χ1n) is 6.92. The molecule has 4 nitrogen and oxygen atoms in total. The van der Waals surface area contributed by atoms with Gasteiger partial charge in [-0.3, -0.25) is 0 Å². The van der Waals surface area contributed by atoms with Crippen molar-refractivity contribution < 1.29 is 9.53 Å². The number of piperidine rings is 1. The fraction of sp³-hybridized carbons (Fsp3) is 0.714. The molecule has 1 saturated heterocycles. The summed E-state index contributed by atoms with van der Waals surface area (Å²) in [5, 5.41) is 2.73. The lowest BCUT2D eigenvalue weighted by Crippen LogP contribution is -2.45. The van der Waals surface area contributed by atoms with Crippen LogP contribution < -0.4 is 4.90 Å². The molecule has 0 N–H and O–H groups in total. The minimum atomic E-state index is -0.323. The van der Waals surface area contributed by atoms with Crippen LogP contribution in [0.1, 0.15) is 44.6 Å². The lowest BCUT2D eigenvalue weighted by molar-refractivity contribution is 0.0520. The van der Waals surface area contributed by atoms with Gasteiger partial charge in [0.15, 0.2) is 10.8 Å².